The van der Waals surface area contributed by atoms with Gasteiger partial charge in [-0.15, -0.1) is 0 Å². The monoisotopic (exact) mass is 854 g/mol. The Labute approximate surface area is 389 Å². The van der Waals surface area contributed by atoms with Gasteiger partial charge in [-0.05, 0) is 181 Å². The van der Waals surface area contributed by atoms with Crippen LogP contribution >= 0.6 is 0 Å². The standard InChI is InChI=1S/C66H34N2/c1-2-12-35(13-3-1)53-52-32-36-14-4-5-17-39(36)56-42-20-8-9-21-43(42)61(66(52)56)65-51-29-25-47-45-24-28-50-59-49(27-23-44(57(45)59)46-22-26-48(62(53)65)60(51)58(46)47)63-54(37-15-10-30-67-33-37)40-18-6-7-19-41(40)55(64(50)63)38-16-11-31-68-34-38/h1-34H. The van der Waals surface area contributed by atoms with Gasteiger partial charge in [0.05, 0.1) is 0 Å². The minimum absolute atomic E-state index is 1.12. The molecule has 0 spiro atoms. The quantitative estimate of drug-likeness (QED) is 0.131. The maximum atomic E-state index is 4.67. The average molecular weight is 855 g/mol. The van der Waals surface area contributed by atoms with Gasteiger partial charge in [-0.1, -0.05) is 164 Å². The highest BCUT2D eigenvalue weighted by Crippen LogP contribution is 2.61. The van der Waals surface area contributed by atoms with Crippen molar-refractivity contribution in [2.75, 3.05) is 0 Å². The van der Waals surface area contributed by atoms with Gasteiger partial charge in [0.1, 0.15) is 0 Å². The third kappa shape index (κ3) is 4.14. The maximum Gasteiger partial charge on any atom is 0.0346 e. The molecule has 0 N–H and O–H groups in total. The second-order valence-electron chi connectivity index (χ2n) is 19.0. The van der Waals surface area contributed by atoms with Gasteiger partial charge in [0, 0.05) is 35.9 Å². The summed E-state index contributed by atoms with van der Waals surface area (Å²) in [6, 6.07) is 68.7. The van der Waals surface area contributed by atoms with Crippen molar-refractivity contribution in [1.29, 1.82) is 0 Å². The fourth-order valence-electron chi connectivity index (χ4n) is 13.5. The largest absolute Gasteiger partial charge is 0.264 e. The molecule has 2 heteroatoms. The second kappa shape index (κ2) is 12.5. The molecule has 0 radical (unpaired) electrons. The summed E-state index contributed by atoms with van der Waals surface area (Å²) in [5.41, 5.74) is 12.4. The fourth-order valence-corrected chi connectivity index (χ4v) is 13.5. The number of hydrogen-bond acceptors (Lipinski definition) is 2. The Bertz CT molecular complexity index is 4720. The third-order valence-corrected chi connectivity index (χ3v) is 15.9. The van der Waals surface area contributed by atoms with E-state index in [2.05, 4.69) is 192 Å². The van der Waals surface area contributed by atoms with E-state index in [1.807, 2.05) is 24.8 Å². The molecule has 17 rings (SSSR count). The molecule has 1 aliphatic carbocycles. The minimum atomic E-state index is 1.12. The van der Waals surface area contributed by atoms with Crippen molar-refractivity contribution in [2.24, 2.45) is 0 Å². The van der Waals surface area contributed by atoms with E-state index in [4.69, 9.17) is 0 Å². The first-order valence-corrected chi connectivity index (χ1v) is 23.6. The van der Waals surface area contributed by atoms with Gasteiger partial charge in [0.15, 0.2) is 0 Å². The highest BCUT2D eigenvalue weighted by atomic mass is 14.6. The van der Waals surface area contributed by atoms with Crippen molar-refractivity contribution in [3.05, 3.63) is 207 Å². The van der Waals surface area contributed by atoms with E-state index in [9.17, 15) is 0 Å². The Balaban J connectivity index is 1.06. The SMILES string of the molecule is c1ccc(-c2c3cc4ccccc4c4c5ccccc5c(c5c6ccc7c8ccc9c%10c(ccc(c%11ccc(c25)c6c%117)c%108)-c2c-9c(-c5cccnc5)c5ccccc5c2-c2cccnc2)c34)cc1. The molecular formula is C66H34N2. The number of hydrogen-bond donors (Lipinski definition) is 0. The molecule has 308 valence electrons. The molecule has 14 aromatic carbocycles. The van der Waals surface area contributed by atoms with Crippen LogP contribution in [0.3, 0.4) is 0 Å². The van der Waals surface area contributed by atoms with Crippen LogP contribution in [-0.4, -0.2) is 9.97 Å². The highest BCUT2D eigenvalue weighted by molar-refractivity contribution is 6.52. The molecule has 16 aromatic rings. The number of benzene rings is 12. The number of rotatable bonds is 3. The molecule has 0 saturated carbocycles. The smallest absolute Gasteiger partial charge is 0.0346 e. The molecule has 0 bridgehead atoms. The van der Waals surface area contributed by atoms with Gasteiger partial charge < -0.3 is 0 Å². The number of pyridine rings is 2. The summed E-state index contributed by atoms with van der Waals surface area (Å²) in [6.45, 7) is 0. The summed E-state index contributed by atoms with van der Waals surface area (Å²) in [7, 11) is 0. The summed E-state index contributed by atoms with van der Waals surface area (Å²) >= 11 is 0. The highest BCUT2D eigenvalue weighted by Gasteiger charge is 2.33. The van der Waals surface area contributed by atoms with Crippen LogP contribution in [0.2, 0.25) is 0 Å². The van der Waals surface area contributed by atoms with Crippen molar-refractivity contribution in [3.63, 3.8) is 0 Å². The second-order valence-corrected chi connectivity index (χ2v) is 19.0. The Morgan fingerprint density at radius 2 is 0.632 bits per heavy atom. The van der Waals surface area contributed by atoms with Gasteiger partial charge in [0.25, 0.3) is 0 Å². The Morgan fingerprint density at radius 3 is 1.24 bits per heavy atom. The van der Waals surface area contributed by atoms with Crippen molar-refractivity contribution in [1.82, 2.24) is 9.97 Å². The van der Waals surface area contributed by atoms with Crippen molar-refractivity contribution in [3.8, 4) is 55.6 Å². The molecule has 2 nitrogen and oxygen atoms in total. The van der Waals surface area contributed by atoms with Gasteiger partial charge in [-0.2, -0.15) is 0 Å². The van der Waals surface area contributed by atoms with Crippen molar-refractivity contribution >= 4 is 118 Å². The van der Waals surface area contributed by atoms with Crippen LogP contribution in [0.4, 0.5) is 0 Å². The number of aromatic nitrogens is 2. The van der Waals surface area contributed by atoms with Crippen LogP contribution in [0.5, 0.6) is 0 Å². The van der Waals surface area contributed by atoms with Gasteiger partial charge in [-0.3, -0.25) is 9.97 Å². The molecule has 0 unspecified atom stereocenters. The van der Waals surface area contributed by atoms with E-state index < -0.39 is 0 Å². The van der Waals surface area contributed by atoms with Crippen molar-refractivity contribution < 1.29 is 0 Å². The minimum Gasteiger partial charge on any atom is -0.264 e. The zero-order chi connectivity index (χ0) is 43.9. The lowest BCUT2D eigenvalue weighted by atomic mass is 9.83. The summed E-state index contributed by atoms with van der Waals surface area (Å²) in [6.07, 6.45) is 7.80. The number of nitrogens with zero attached hydrogens (tertiary/aromatic N) is 2. The molecule has 0 aliphatic heterocycles. The van der Waals surface area contributed by atoms with Gasteiger partial charge in [0.2, 0.25) is 0 Å². The normalized spacial score (nSPS) is 12.7. The average Bonchev–Trinajstić information content (AvgIpc) is 4.05. The first-order valence-electron chi connectivity index (χ1n) is 23.6. The zero-order valence-corrected chi connectivity index (χ0v) is 36.5. The summed E-state index contributed by atoms with van der Waals surface area (Å²) in [5.74, 6) is 0. The predicted molar refractivity (Wildman–Crippen MR) is 289 cm³/mol. The molecule has 0 atom stereocenters. The Kier molecular flexibility index (Phi) is 6.47. The van der Waals surface area contributed by atoms with Crippen LogP contribution in [0.1, 0.15) is 0 Å². The van der Waals surface area contributed by atoms with Crippen LogP contribution in [0.25, 0.3) is 174 Å². The van der Waals surface area contributed by atoms with E-state index in [0.29, 0.717) is 0 Å². The van der Waals surface area contributed by atoms with E-state index in [-0.39, 0.29) is 0 Å². The van der Waals surface area contributed by atoms with Crippen LogP contribution in [0, 0.1) is 0 Å². The molecule has 0 saturated heterocycles. The molecule has 68 heavy (non-hydrogen) atoms. The fraction of sp³-hybridized carbons (Fsp3) is 0. The zero-order valence-electron chi connectivity index (χ0n) is 36.5. The predicted octanol–water partition coefficient (Wildman–Crippen LogP) is 18.1. The van der Waals surface area contributed by atoms with E-state index in [1.54, 1.807) is 0 Å². The maximum absolute atomic E-state index is 4.67. The molecule has 0 amide bonds. The molecule has 0 fully saturated rings. The Morgan fingerprint density at radius 1 is 0.221 bits per heavy atom. The molecule has 2 aromatic heterocycles. The van der Waals surface area contributed by atoms with Crippen LogP contribution < -0.4 is 0 Å². The summed E-state index contributed by atoms with van der Waals surface area (Å²) < 4.78 is 0. The lowest BCUT2D eigenvalue weighted by molar-refractivity contribution is 1.33. The van der Waals surface area contributed by atoms with Gasteiger partial charge in [-0.25, -0.2) is 0 Å². The lowest BCUT2D eigenvalue weighted by Crippen LogP contribution is -1.94. The first-order chi connectivity index (χ1) is 33.8. The number of fused-ring (bicyclic) bond motifs is 15. The molecule has 1 aliphatic rings. The Hall–Kier alpha value is -8.98. The van der Waals surface area contributed by atoms with Gasteiger partial charge >= 0.3 is 0 Å². The summed E-state index contributed by atoms with van der Waals surface area (Å²) in [5, 5.41) is 29.1. The van der Waals surface area contributed by atoms with Crippen LogP contribution in [0.15, 0.2) is 207 Å². The lowest BCUT2D eigenvalue weighted by Gasteiger charge is -2.20. The topological polar surface area (TPSA) is 25.8 Å². The molecule has 2 heterocycles. The van der Waals surface area contributed by atoms with Crippen molar-refractivity contribution in [2.45, 2.75) is 0 Å². The third-order valence-electron chi connectivity index (χ3n) is 15.9. The first kappa shape index (κ1) is 35.3. The van der Waals surface area contributed by atoms with E-state index in [1.165, 1.54) is 163 Å². The van der Waals surface area contributed by atoms with E-state index >= 15 is 0 Å². The molecular weight excluding hydrogens is 821 g/mol. The summed E-state index contributed by atoms with van der Waals surface area (Å²) in [4.78, 5) is 9.34. The van der Waals surface area contributed by atoms with E-state index in [0.717, 1.165) is 11.1 Å². The van der Waals surface area contributed by atoms with Crippen LogP contribution in [-0.2, 0) is 0 Å².